The van der Waals surface area contributed by atoms with Crippen LogP contribution in [0.1, 0.15) is 12.8 Å². The fraction of sp³-hybridized carbons (Fsp3) is 0.778. The zero-order chi connectivity index (χ0) is 13.3. The molecule has 0 aliphatic carbocycles. The maximum Gasteiger partial charge on any atom is 0.320 e. The number of guanidine groups is 1. The number of aliphatic hydroxyl groups excluding tert-OH is 2. The average molecular weight is 285 g/mol. The van der Waals surface area contributed by atoms with E-state index < -0.39 is 24.7 Å². The number of nitrogens with two attached hydrogens (primary N) is 2. The molecule has 8 nitrogen and oxygen atoms in total. The molecule has 18 heavy (non-hydrogen) atoms. The number of nitrogens with zero attached hydrogens (tertiary/aromatic N) is 1. The number of carbonyl (C=O) groups is 1. The Hall–Kier alpha value is -1.09. The van der Waals surface area contributed by atoms with Crippen LogP contribution in [0, 0.1) is 0 Å². The van der Waals surface area contributed by atoms with Crippen LogP contribution >= 0.6 is 12.4 Å². The van der Waals surface area contributed by atoms with Crippen LogP contribution in [0.25, 0.3) is 0 Å². The molecule has 0 spiro atoms. The summed E-state index contributed by atoms with van der Waals surface area (Å²) in [5.41, 5.74) is 10.2. The molecule has 0 aliphatic rings. The Balaban J connectivity index is 0. The van der Waals surface area contributed by atoms with Crippen molar-refractivity contribution in [3.63, 3.8) is 0 Å². The highest BCUT2D eigenvalue weighted by atomic mass is 35.5. The van der Waals surface area contributed by atoms with Gasteiger partial charge in [-0.15, -0.1) is 12.4 Å². The van der Waals surface area contributed by atoms with Gasteiger partial charge in [-0.2, -0.15) is 0 Å². The second-order valence-electron chi connectivity index (χ2n) is 3.58. The Morgan fingerprint density at radius 3 is 2.44 bits per heavy atom. The lowest BCUT2D eigenvalue weighted by molar-refractivity contribution is -0.139. The first-order chi connectivity index (χ1) is 7.97. The van der Waals surface area contributed by atoms with E-state index in [1.807, 2.05) is 0 Å². The monoisotopic (exact) mass is 284 g/mol. The van der Waals surface area contributed by atoms with Crippen molar-refractivity contribution >= 4 is 24.3 Å². The van der Waals surface area contributed by atoms with Gasteiger partial charge in [0, 0.05) is 13.1 Å². The molecule has 0 aromatic carbocycles. The van der Waals surface area contributed by atoms with Crippen LogP contribution < -0.4 is 16.8 Å². The highest BCUT2D eigenvalue weighted by molar-refractivity contribution is 5.85. The molecule has 9 heteroatoms. The third-order valence-corrected chi connectivity index (χ3v) is 2.05. The summed E-state index contributed by atoms with van der Waals surface area (Å²) in [5, 5.41) is 29.2. The van der Waals surface area contributed by atoms with E-state index in [-0.39, 0.29) is 24.9 Å². The number of aliphatic carboxylic acids is 1. The number of nitrogens with one attached hydrogen (secondary N) is 1. The van der Waals surface area contributed by atoms with E-state index in [4.69, 9.17) is 26.8 Å². The van der Waals surface area contributed by atoms with E-state index >= 15 is 0 Å². The fourth-order valence-electron chi connectivity index (χ4n) is 1.16. The van der Waals surface area contributed by atoms with E-state index in [1.54, 1.807) is 0 Å². The fourth-order valence-corrected chi connectivity index (χ4v) is 1.16. The van der Waals surface area contributed by atoms with Crippen LogP contribution in [0.3, 0.4) is 0 Å². The van der Waals surface area contributed by atoms with Gasteiger partial charge < -0.3 is 32.1 Å². The molecule has 0 aliphatic heterocycles. The lowest BCUT2D eigenvalue weighted by atomic mass is 10.1. The van der Waals surface area contributed by atoms with Gasteiger partial charge in [0.25, 0.3) is 0 Å². The maximum atomic E-state index is 10.8. The van der Waals surface area contributed by atoms with Crippen molar-refractivity contribution in [1.82, 2.24) is 5.32 Å². The number of aliphatic hydroxyl groups is 2. The van der Waals surface area contributed by atoms with Crippen molar-refractivity contribution in [2.24, 2.45) is 16.5 Å². The molecule has 0 aromatic heterocycles. The van der Waals surface area contributed by atoms with Crippen molar-refractivity contribution < 1.29 is 20.1 Å². The van der Waals surface area contributed by atoms with Gasteiger partial charge in [0.2, 0.25) is 0 Å². The number of aliphatic imine (C=N–C) groups is 1. The van der Waals surface area contributed by atoms with Gasteiger partial charge in [0.05, 0.1) is 12.7 Å². The predicted octanol–water partition coefficient (Wildman–Crippen LogP) is -2.14. The van der Waals surface area contributed by atoms with E-state index in [2.05, 4.69) is 10.3 Å². The quantitative estimate of drug-likeness (QED) is 0.160. The van der Waals surface area contributed by atoms with E-state index in [9.17, 15) is 4.79 Å². The zero-order valence-corrected chi connectivity index (χ0v) is 10.8. The van der Waals surface area contributed by atoms with Gasteiger partial charge in [0.1, 0.15) is 6.04 Å². The van der Waals surface area contributed by atoms with E-state index in [0.717, 1.165) is 0 Å². The van der Waals surface area contributed by atoms with Crippen LogP contribution in [-0.2, 0) is 4.79 Å². The molecule has 2 atom stereocenters. The molecule has 0 amide bonds. The Morgan fingerprint density at radius 1 is 1.39 bits per heavy atom. The van der Waals surface area contributed by atoms with Crippen molar-refractivity contribution in [1.29, 1.82) is 0 Å². The topological polar surface area (TPSA) is 154 Å². The number of carboxylic acid groups (broad SMARTS) is 1. The number of hydrogen-bond donors (Lipinski definition) is 6. The minimum Gasteiger partial charge on any atom is -0.480 e. The minimum atomic E-state index is -1.01. The standard InChI is InChI=1S/C9H20N4O4.ClH/c10-9(11)12-3-1-2-7(8(16)17)13-4-6(15)5-14;/h6-7,13-15H,1-5H2,(H,16,17)(H4,10,11,12);1H/t6?,7-;/m0./s1. The molecule has 108 valence electrons. The Bertz CT molecular complexity index is 261. The molecular formula is C9H21ClN4O4. The third-order valence-electron chi connectivity index (χ3n) is 2.05. The Labute approximate surface area is 111 Å². The number of carboxylic acids is 1. The van der Waals surface area contributed by atoms with Gasteiger partial charge in [-0.05, 0) is 12.8 Å². The lowest BCUT2D eigenvalue weighted by Gasteiger charge is -2.15. The Kier molecular flexibility index (Phi) is 11.8. The first-order valence-corrected chi connectivity index (χ1v) is 5.27. The molecule has 0 radical (unpaired) electrons. The molecular weight excluding hydrogens is 264 g/mol. The van der Waals surface area contributed by atoms with E-state index in [1.165, 1.54) is 0 Å². The van der Waals surface area contributed by atoms with E-state index in [0.29, 0.717) is 19.4 Å². The lowest BCUT2D eigenvalue weighted by Crippen LogP contribution is -2.41. The van der Waals surface area contributed by atoms with Crippen LogP contribution in [0.2, 0.25) is 0 Å². The Morgan fingerprint density at radius 2 is 2.00 bits per heavy atom. The molecule has 0 saturated heterocycles. The number of hydrogen-bond acceptors (Lipinski definition) is 5. The van der Waals surface area contributed by atoms with Crippen molar-refractivity contribution in [2.45, 2.75) is 25.0 Å². The maximum absolute atomic E-state index is 10.8. The first kappa shape index (κ1) is 19.3. The van der Waals surface area contributed by atoms with Crippen LogP contribution in [0.15, 0.2) is 4.99 Å². The summed E-state index contributed by atoms with van der Waals surface area (Å²) in [6, 6.07) is -0.787. The SMILES string of the molecule is Cl.NC(N)=NCCC[C@H](NCC(O)CO)C(=O)O. The van der Waals surface area contributed by atoms with Gasteiger partial charge >= 0.3 is 5.97 Å². The summed E-state index contributed by atoms with van der Waals surface area (Å²) in [6.07, 6.45) is -0.115. The van der Waals surface area contributed by atoms with Crippen molar-refractivity contribution in [2.75, 3.05) is 19.7 Å². The highest BCUT2D eigenvalue weighted by Gasteiger charge is 2.17. The second-order valence-corrected chi connectivity index (χ2v) is 3.58. The largest absolute Gasteiger partial charge is 0.480 e. The number of rotatable bonds is 9. The van der Waals surface area contributed by atoms with Crippen LogP contribution in [-0.4, -0.2) is 59.1 Å². The summed E-state index contributed by atoms with van der Waals surface area (Å²) in [6.45, 7) is -0.0283. The molecule has 0 bridgehead atoms. The first-order valence-electron chi connectivity index (χ1n) is 5.27. The summed E-state index contributed by atoms with van der Waals surface area (Å²) < 4.78 is 0. The molecule has 1 unspecified atom stereocenters. The summed E-state index contributed by atoms with van der Waals surface area (Å²) in [5.74, 6) is -1.04. The summed E-state index contributed by atoms with van der Waals surface area (Å²) in [4.78, 5) is 14.6. The predicted molar refractivity (Wildman–Crippen MR) is 69.7 cm³/mol. The van der Waals surface area contributed by atoms with Gasteiger partial charge in [-0.1, -0.05) is 0 Å². The van der Waals surface area contributed by atoms with Gasteiger partial charge in [0.15, 0.2) is 5.96 Å². The smallest absolute Gasteiger partial charge is 0.320 e. The van der Waals surface area contributed by atoms with Crippen molar-refractivity contribution in [3.05, 3.63) is 0 Å². The van der Waals surface area contributed by atoms with Crippen LogP contribution in [0.4, 0.5) is 0 Å². The molecule has 8 N–H and O–H groups in total. The summed E-state index contributed by atoms with van der Waals surface area (Å²) in [7, 11) is 0. The molecule has 0 rings (SSSR count). The molecule has 0 fully saturated rings. The highest BCUT2D eigenvalue weighted by Crippen LogP contribution is 1.98. The third kappa shape index (κ3) is 10.1. The van der Waals surface area contributed by atoms with Gasteiger partial charge in [-0.25, -0.2) is 0 Å². The summed E-state index contributed by atoms with van der Waals surface area (Å²) >= 11 is 0. The van der Waals surface area contributed by atoms with Crippen molar-refractivity contribution in [3.8, 4) is 0 Å². The normalized spacial score (nSPS) is 13.2. The molecule has 0 aromatic rings. The number of halogens is 1. The van der Waals surface area contributed by atoms with Gasteiger partial charge in [-0.3, -0.25) is 9.79 Å². The second kappa shape index (κ2) is 11.0. The van der Waals surface area contributed by atoms with Crippen LogP contribution in [0.5, 0.6) is 0 Å². The average Bonchev–Trinajstić information content (AvgIpc) is 2.26. The minimum absolute atomic E-state index is 0. The zero-order valence-electron chi connectivity index (χ0n) is 9.95. The molecule has 0 saturated carbocycles. The molecule has 0 heterocycles.